The molecule has 0 N–H and O–H groups in total. The van der Waals surface area contributed by atoms with Crippen LogP contribution >= 0.6 is 0 Å². The molecule has 0 radical (unpaired) electrons. The van der Waals surface area contributed by atoms with E-state index in [4.69, 9.17) is 4.74 Å². The van der Waals surface area contributed by atoms with Gasteiger partial charge in [0.05, 0.1) is 4.90 Å². The van der Waals surface area contributed by atoms with E-state index >= 15 is 0 Å². The van der Waals surface area contributed by atoms with E-state index in [0.29, 0.717) is 11.6 Å². The first-order valence-corrected chi connectivity index (χ1v) is 9.34. The fourth-order valence-corrected chi connectivity index (χ4v) is 3.95. The van der Waals surface area contributed by atoms with Gasteiger partial charge in [-0.05, 0) is 56.2 Å². The molecule has 1 aromatic heterocycles. The molecular weight excluding hydrogens is 328 g/mol. The molecule has 0 atom stereocenters. The number of aromatic nitrogens is 2. The number of benzene rings is 1. The lowest BCUT2D eigenvalue weighted by Gasteiger charge is -2.30. The second-order valence-electron chi connectivity index (χ2n) is 6.12. The van der Waals surface area contributed by atoms with Gasteiger partial charge in [0, 0.05) is 12.4 Å². The molecular formula is C17H19N2O4S-. The van der Waals surface area contributed by atoms with Crippen LogP contribution in [-0.2, 0) is 10.1 Å². The van der Waals surface area contributed by atoms with Crippen LogP contribution in [0, 0.1) is 6.92 Å². The lowest BCUT2D eigenvalue weighted by Crippen LogP contribution is -2.24. The third kappa shape index (κ3) is 3.91. The van der Waals surface area contributed by atoms with E-state index in [9.17, 15) is 13.0 Å². The van der Waals surface area contributed by atoms with E-state index < -0.39 is 10.1 Å². The monoisotopic (exact) mass is 347 g/mol. The summed E-state index contributed by atoms with van der Waals surface area (Å²) in [5.41, 5.74) is 1.59. The van der Waals surface area contributed by atoms with Gasteiger partial charge in [-0.3, -0.25) is 0 Å². The van der Waals surface area contributed by atoms with Gasteiger partial charge >= 0.3 is 6.01 Å². The van der Waals surface area contributed by atoms with Crippen molar-refractivity contribution in [1.82, 2.24) is 9.97 Å². The summed E-state index contributed by atoms with van der Waals surface area (Å²) in [7, 11) is -4.46. The molecule has 1 aliphatic rings. The minimum atomic E-state index is -4.46. The Morgan fingerprint density at radius 1 is 1.12 bits per heavy atom. The van der Waals surface area contributed by atoms with Gasteiger partial charge in [-0.25, -0.2) is 18.4 Å². The summed E-state index contributed by atoms with van der Waals surface area (Å²) in [6.45, 7) is 1.90. The van der Waals surface area contributed by atoms with Gasteiger partial charge in [-0.15, -0.1) is 0 Å². The van der Waals surface area contributed by atoms with Crippen molar-refractivity contribution in [2.45, 2.75) is 49.5 Å². The number of hydrogen-bond donors (Lipinski definition) is 0. The predicted molar refractivity (Wildman–Crippen MR) is 86.8 cm³/mol. The van der Waals surface area contributed by atoms with E-state index in [1.54, 1.807) is 24.5 Å². The van der Waals surface area contributed by atoms with Gasteiger partial charge in [0.25, 0.3) is 0 Å². The van der Waals surface area contributed by atoms with Crippen LogP contribution in [-0.4, -0.2) is 29.0 Å². The summed E-state index contributed by atoms with van der Waals surface area (Å²) >= 11 is 0. The fourth-order valence-electron chi connectivity index (χ4n) is 3.20. The Morgan fingerprint density at radius 3 is 2.42 bits per heavy atom. The lowest BCUT2D eigenvalue weighted by atomic mass is 9.82. The van der Waals surface area contributed by atoms with Gasteiger partial charge in [0.2, 0.25) is 0 Å². The van der Waals surface area contributed by atoms with Crippen LogP contribution in [0.25, 0.3) is 0 Å². The highest BCUT2D eigenvalue weighted by Crippen LogP contribution is 2.37. The molecule has 0 bridgehead atoms. The quantitative estimate of drug-likeness (QED) is 0.790. The second-order valence-corrected chi connectivity index (χ2v) is 7.47. The van der Waals surface area contributed by atoms with Crippen LogP contribution in [0.4, 0.5) is 0 Å². The van der Waals surface area contributed by atoms with Gasteiger partial charge in [0.1, 0.15) is 16.2 Å². The molecule has 1 fully saturated rings. The Hall–Kier alpha value is -1.99. The molecule has 1 aromatic carbocycles. The Balaban J connectivity index is 1.72. The standard InChI is InChI=1S/C17H20N2O4S/c1-12-3-8-16(24(20,21)22)15(11-12)13-4-6-14(7-5-13)23-17-18-9-2-10-19-17/h2-3,8-11,13-14H,4-7H2,1H3,(H,20,21,22)/p-1. The van der Waals surface area contributed by atoms with Crippen LogP contribution in [0.3, 0.4) is 0 Å². The van der Waals surface area contributed by atoms with Crippen molar-refractivity contribution in [2.24, 2.45) is 0 Å². The van der Waals surface area contributed by atoms with E-state index in [-0.39, 0.29) is 16.9 Å². The summed E-state index contributed by atoms with van der Waals surface area (Å²) in [5.74, 6) is 0.0557. The number of aryl methyl sites for hydroxylation is 1. The first-order chi connectivity index (χ1) is 11.4. The van der Waals surface area contributed by atoms with E-state index in [1.807, 2.05) is 13.0 Å². The smallest absolute Gasteiger partial charge is 0.316 e. The maximum absolute atomic E-state index is 11.5. The highest BCUT2D eigenvalue weighted by Gasteiger charge is 2.26. The normalized spacial score (nSPS) is 21.4. The molecule has 0 unspecified atom stereocenters. The van der Waals surface area contributed by atoms with Crippen LogP contribution in [0.1, 0.15) is 42.7 Å². The predicted octanol–water partition coefficient (Wildman–Crippen LogP) is 2.79. The number of hydrogen-bond acceptors (Lipinski definition) is 6. The van der Waals surface area contributed by atoms with Crippen molar-refractivity contribution in [2.75, 3.05) is 0 Å². The summed E-state index contributed by atoms with van der Waals surface area (Å²) in [6, 6.07) is 6.99. The summed E-state index contributed by atoms with van der Waals surface area (Å²) in [5, 5.41) is 0. The number of rotatable bonds is 4. The highest BCUT2D eigenvalue weighted by molar-refractivity contribution is 7.85. The summed E-state index contributed by atoms with van der Waals surface area (Å²) in [6.07, 6.45) is 6.36. The largest absolute Gasteiger partial charge is 0.744 e. The van der Waals surface area contributed by atoms with Crippen molar-refractivity contribution in [1.29, 1.82) is 0 Å². The maximum Gasteiger partial charge on any atom is 0.316 e. The molecule has 3 rings (SSSR count). The zero-order chi connectivity index (χ0) is 17.2. The van der Waals surface area contributed by atoms with Crippen LogP contribution in [0.15, 0.2) is 41.6 Å². The van der Waals surface area contributed by atoms with Crippen LogP contribution < -0.4 is 4.74 Å². The van der Waals surface area contributed by atoms with Gasteiger partial charge < -0.3 is 9.29 Å². The summed E-state index contributed by atoms with van der Waals surface area (Å²) < 4.78 is 40.3. The zero-order valence-corrected chi connectivity index (χ0v) is 14.2. The second kappa shape index (κ2) is 6.86. The lowest BCUT2D eigenvalue weighted by molar-refractivity contribution is 0.133. The average Bonchev–Trinajstić information content (AvgIpc) is 2.55. The molecule has 2 aromatic rings. The number of nitrogens with zero attached hydrogens (tertiary/aromatic N) is 2. The molecule has 7 heteroatoms. The molecule has 1 aliphatic carbocycles. The third-order valence-electron chi connectivity index (χ3n) is 4.36. The average molecular weight is 347 g/mol. The minimum absolute atomic E-state index is 0.0146. The highest BCUT2D eigenvalue weighted by atomic mass is 32.2. The van der Waals surface area contributed by atoms with Crippen LogP contribution in [0.5, 0.6) is 6.01 Å². The van der Waals surface area contributed by atoms with Crippen molar-refractivity contribution < 1.29 is 17.7 Å². The molecule has 1 saturated carbocycles. The SMILES string of the molecule is Cc1ccc(S(=O)(=O)[O-])c(C2CCC(Oc3ncccn3)CC2)c1. The Kier molecular flexibility index (Phi) is 4.82. The molecule has 0 amide bonds. The molecule has 0 spiro atoms. The Labute approximate surface area is 141 Å². The number of ether oxygens (including phenoxy) is 1. The molecule has 0 aliphatic heterocycles. The summed E-state index contributed by atoms with van der Waals surface area (Å²) in [4.78, 5) is 8.01. The van der Waals surface area contributed by atoms with E-state index in [0.717, 1.165) is 31.2 Å². The minimum Gasteiger partial charge on any atom is -0.744 e. The van der Waals surface area contributed by atoms with Crippen LogP contribution in [0.2, 0.25) is 0 Å². The van der Waals surface area contributed by atoms with Crippen molar-refractivity contribution in [3.63, 3.8) is 0 Å². The molecule has 24 heavy (non-hydrogen) atoms. The van der Waals surface area contributed by atoms with Crippen molar-refractivity contribution >= 4 is 10.1 Å². The first kappa shape index (κ1) is 16.9. The van der Waals surface area contributed by atoms with Gasteiger partial charge in [-0.1, -0.05) is 17.7 Å². The molecule has 1 heterocycles. The van der Waals surface area contributed by atoms with E-state index in [2.05, 4.69) is 9.97 Å². The zero-order valence-electron chi connectivity index (χ0n) is 13.4. The molecule has 0 saturated heterocycles. The Morgan fingerprint density at radius 2 is 1.79 bits per heavy atom. The van der Waals surface area contributed by atoms with Gasteiger partial charge in [0.15, 0.2) is 0 Å². The molecule has 6 nitrogen and oxygen atoms in total. The van der Waals surface area contributed by atoms with Crippen molar-refractivity contribution in [3.8, 4) is 6.01 Å². The van der Waals surface area contributed by atoms with Crippen molar-refractivity contribution in [3.05, 3.63) is 47.8 Å². The molecule has 128 valence electrons. The topological polar surface area (TPSA) is 92.2 Å². The van der Waals surface area contributed by atoms with Gasteiger partial charge in [-0.2, -0.15) is 0 Å². The third-order valence-corrected chi connectivity index (χ3v) is 5.27. The Bertz CT molecular complexity index is 801. The first-order valence-electron chi connectivity index (χ1n) is 7.93. The van der Waals surface area contributed by atoms with E-state index in [1.165, 1.54) is 6.07 Å². The maximum atomic E-state index is 11.5. The fraction of sp³-hybridized carbons (Fsp3) is 0.412.